The maximum Gasteiger partial charge on any atom is 0.407 e. The van der Waals surface area contributed by atoms with Gasteiger partial charge in [0, 0.05) is 19.4 Å². The molecule has 2 N–H and O–H groups in total. The van der Waals surface area contributed by atoms with E-state index in [1.807, 2.05) is 0 Å². The molecule has 1 aliphatic heterocycles. The molecule has 32 heavy (non-hydrogen) atoms. The van der Waals surface area contributed by atoms with Gasteiger partial charge in [0.15, 0.2) is 5.78 Å². The van der Waals surface area contributed by atoms with Crippen molar-refractivity contribution in [2.24, 2.45) is 11.8 Å². The van der Waals surface area contributed by atoms with Crippen LogP contribution in [-0.2, 0) is 41.6 Å². The van der Waals surface area contributed by atoms with Gasteiger partial charge >= 0.3 is 6.09 Å². The van der Waals surface area contributed by atoms with E-state index >= 15 is 0 Å². The monoisotopic (exact) mass is 470 g/mol. The predicted octanol–water partition coefficient (Wildman–Crippen LogP) is 0.659. The molecule has 0 aromatic carbocycles. The van der Waals surface area contributed by atoms with Crippen LogP contribution in [0.5, 0.6) is 0 Å². The summed E-state index contributed by atoms with van der Waals surface area (Å²) in [7, 11) is 1.56. The standard InChI is InChI=1S/C20H30N4O7S/c1-12(2)17(22-20(28)31-9-8-30-7-6-29-3)15(25)10-13-4-5-16-14(23-24-32-16)11-21-19(27)18(13)26/h12-13,17H,4-11H2,1-3H3,(H,21,27)(H,22,28). The van der Waals surface area contributed by atoms with E-state index in [1.54, 1.807) is 21.0 Å². The van der Waals surface area contributed by atoms with Gasteiger partial charge in [-0.2, -0.15) is 0 Å². The number of carbonyl (C=O) groups excluding carboxylic acids is 4. The topological polar surface area (TPSA) is 146 Å². The Morgan fingerprint density at radius 3 is 2.69 bits per heavy atom. The summed E-state index contributed by atoms with van der Waals surface area (Å²) in [4.78, 5) is 50.7. The van der Waals surface area contributed by atoms with Crippen molar-refractivity contribution in [2.45, 2.75) is 45.7 Å². The number of carbonyl (C=O) groups is 4. The molecule has 0 saturated heterocycles. The van der Waals surface area contributed by atoms with Crippen LogP contribution in [0, 0.1) is 11.8 Å². The molecule has 2 unspecified atom stereocenters. The van der Waals surface area contributed by atoms with E-state index in [9.17, 15) is 19.2 Å². The number of amides is 2. The largest absolute Gasteiger partial charge is 0.447 e. The number of aromatic nitrogens is 2. The van der Waals surface area contributed by atoms with Crippen molar-refractivity contribution in [1.82, 2.24) is 20.2 Å². The van der Waals surface area contributed by atoms with Crippen molar-refractivity contribution < 1.29 is 33.4 Å². The number of fused-ring (bicyclic) bond motifs is 1. The number of alkyl carbamates (subject to hydrolysis) is 1. The number of nitrogens with zero attached hydrogens (tertiary/aromatic N) is 2. The second-order valence-electron chi connectivity index (χ2n) is 7.70. The van der Waals surface area contributed by atoms with Crippen LogP contribution in [-0.4, -0.2) is 72.7 Å². The zero-order valence-electron chi connectivity index (χ0n) is 18.5. The molecule has 11 nitrogen and oxygen atoms in total. The third-order valence-electron chi connectivity index (χ3n) is 4.99. The highest BCUT2D eigenvalue weighted by Gasteiger charge is 2.33. The summed E-state index contributed by atoms with van der Waals surface area (Å²) < 4.78 is 19.0. The van der Waals surface area contributed by atoms with Crippen molar-refractivity contribution in [2.75, 3.05) is 33.5 Å². The Kier molecular flexibility index (Phi) is 10.6. The highest BCUT2D eigenvalue weighted by Crippen LogP contribution is 2.22. The number of ketones is 2. The predicted molar refractivity (Wildman–Crippen MR) is 114 cm³/mol. The highest BCUT2D eigenvalue weighted by atomic mass is 32.1. The lowest BCUT2D eigenvalue weighted by molar-refractivity contribution is -0.141. The van der Waals surface area contributed by atoms with Crippen molar-refractivity contribution in [1.29, 1.82) is 0 Å². The summed E-state index contributed by atoms with van der Waals surface area (Å²) in [5.41, 5.74) is 0.638. The van der Waals surface area contributed by atoms with Gasteiger partial charge in [0.2, 0.25) is 5.78 Å². The zero-order valence-corrected chi connectivity index (χ0v) is 19.4. The normalized spacial score (nSPS) is 17.6. The highest BCUT2D eigenvalue weighted by molar-refractivity contribution is 7.05. The minimum atomic E-state index is -0.846. The van der Waals surface area contributed by atoms with Crippen LogP contribution >= 0.6 is 11.5 Å². The fourth-order valence-corrected chi connectivity index (χ4v) is 3.88. The van der Waals surface area contributed by atoms with Crippen molar-refractivity contribution in [3.8, 4) is 0 Å². The molecule has 1 aromatic rings. The molecule has 1 aromatic heterocycles. The van der Waals surface area contributed by atoms with Crippen molar-refractivity contribution in [3.63, 3.8) is 0 Å². The van der Waals surface area contributed by atoms with Crippen LogP contribution in [0.25, 0.3) is 0 Å². The number of hydrogen-bond donors (Lipinski definition) is 2. The molecule has 0 bridgehead atoms. The summed E-state index contributed by atoms with van der Waals surface area (Å²) in [6, 6.07) is -0.846. The Balaban J connectivity index is 1.93. The van der Waals surface area contributed by atoms with Gasteiger partial charge in [-0.1, -0.05) is 18.3 Å². The van der Waals surface area contributed by atoms with Crippen LogP contribution in [0.15, 0.2) is 0 Å². The number of nitrogens with one attached hydrogen (secondary N) is 2. The fraction of sp³-hybridized carbons (Fsp3) is 0.700. The molecule has 2 atom stereocenters. The zero-order chi connectivity index (χ0) is 23.5. The maximum absolute atomic E-state index is 13.0. The molecule has 0 radical (unpaired) electrons. The smallest absolute Gasteiger partial charge is 0.407 e. The molecule has 0 fully saturated rings. The Labute approximate surface area is 190 Å². The lowest BCUT2D eigenvalue weighted by Crippen LogP contribution is -2.46. The average Bonchev–Trinajstić information content (AvgIpc) is 3.22. The van der Waals surface area contributed by atoms with Crippen molar-refractivity contribution in [3.05, 3.63) is 10.6 Å². The summed E-state index contributed by atoms with van der Waals surface area (Å²) in [6.45, 7) is 4.76. The fourth-order valence-electron chi connectivity index (χ4n) is 3.21. The molecule has 0 aliphatic carbocycles. The number of Topliss-reactive ketones (excluding diaryl/α,β-unsaturated/α-hetero) is 2. The van der Waals surface area contributed by atoms with Gasteiger partial charge in [0.05, 0.1) is 43.0 Å². The Morgan fingerprint density at radius 1 is 1.22 bits per heavy atom. The summed E-state index contributed by atoms with van der Waals surface area (Å²) in [6.07, 6.45) is -0.0809. The van der Waals surface area contributed by atoms with Gasteiger partial charge in [-0.15, -0.1) is 5.10 Å². The van der Waals surface area contributed by atoms with Crippen LogP contribution in [0.3, 0.4) is 0 Å². The third-order valence-corrected chi connectivity index (χ3v) is 5.82. The lowest BCUT2D eigenvalue weighted by Gasteiger charge is -2.23. The van der Waals surface area contributed by atoms with E-state index in [2.05, 4.69) is 20.2 Å². The Bertz CT molecular complexity index is 799. The van der Waals surface area contributed by atoms with Gasteiger partial charge in [0.1, 0.15) is 6.61 Å². The lowest BCUT2D eigenvalue weighted by atomic mass is 9.87. The van der Waals surface area contributed by atoms with E-state index < -0.39 is 29.7 Å². The second kappa shape index (κ2) is 13.2. The quantitative estimate of drug-likeness (QED) is 0.352. The first-order valence-corrected chi connectivity index (χ1v) is 11.3. The molecule has 1 aliphatic rings. The summed E-state index contributed by atoms with van der Waals surface area (Å²) in [5, 5.41) is 9.08. The van der Waals surface area contributed by atoms with E-state index in [0.717, 1.165) is 4.88 Å². The Hall–Kier alpha value is -2.44. The van der Waals surface area contributed by atoms with E-state index in [0.29, 0.717) is 31.7 Å². The maximum atomic E-state index is 13.0. The SMILES string of the molecule is COCCOCCOC(=O)NC(C(=O)CC1CCc2snnc2CNC(=O)C1=O)C(C)C. The van der Waals surface area contributed by atoms with Crippen LogP contribution < -0.4 is 10.6 Å². The molecule has 0 saturated carbocycles. The van der Waals surface area contributed by atoms with Crippen molar-refractivity contribution >= 4 is 35.1 Å². The van der Waals surface area contributed by atoms with Gasteiger partial charge in [-0.05, 0) is 30.3 Å². The van der Waals surface area contributed by atoms with Gasteiger partial charge in [-0.25, -0.2) is 4.79 Å². The van der Waals surface area contributed by atoms with E-state index in [4.69, 9.17) is 14.2 Å². The molecule has 2 amide bonds. The molecular formula is C20H30N4O7S. The van der Waals surface area contributed by atoms with Crippen LogP contribution in [0.1, 0.15) is 37.3 Å². The molecule has 2 heterocycles. The number of hydrogen-bond acceptors (Lipinski definition) is 10. The third kappa shape index (κ3) is 7.92. The molecule has 12 heteroatoms. The van der Waals surface area contributed by atoms with Gasteiger partial charge in [0.25, 0.3) is 5.91 Å². The van der Waals surface area contributed by atoms with Crippen LogP contribution in [0.4, 0.5) is 4.79 Å². The van der Waals surface area contributed by atoms with Gasteiger partial charge < -0.3 is 24.8 Å². The van der Waals surface area contributed by atoms with Crippen LogP contribution in [0.2, 0.25) is 0 Å². The first-order valence-electron chi connectivity index (χ1n) is 10.5. The minimum absolute atomic E-state index is 0.0288. The molecule has 0 spiro atoms. The summed E-state index contributed by atoms with van der Waals surface area (Å²) in [5.74, 6) is -2.74. The first kappa shape index (κ1) is 25.8. The number of rotatable bonds is 11. The van der Waals surface area contributed by atoms with E-state index in [-0.39, 0.29) is 37.9 Å². The molecule has 178 valence electrons. The Morgan fingerprint density at radius 2 is 1.97 bits per heavy atom. The molecule has 2 rings (SSSR count). The number of aryl methyl sites for hydroxylation is 1. The first-order chi connectivity index (χ1) is 15.3. The minimum Gasteiger partial charge on any atom is -0.447 e. The van der Waals surface area contributed by atoms with Gasteiger partial charge in [-0.3, -0.25) is 14.4 Å². The second-order valence-corrected chi connectivity index (χ2v) is 8.54. The molecular weight excluding hydrogens is 440 g/mol. The average molecular weight is 471 g/mol. The number of methoxy groups -OCH3 is 1. The summed E-state index contributed by atoms with van der Waals surface area (Å²) >= 11 is 1.21. The number of ether oxygens (including phenoxy) is 3. The van der Waals surface area contributed by atoms with E-state index in [1.165, 1.54) is 11.5 Å².